The quantitative estimate of drug-likeness (QED) is 0.621. The first kappa shape index (κ1) is 22.2. The summed E-state index contributed by atoms with van der Waals surface area (Å²) < 4.78 is 33.9. The molecule has 1 heterocycles. The highest BCUT2D eigenvalue weighted by Crippen LogP contribution is 2.23. The van der Waals surface area contributed by atoms with E-state index in [1.165, 1.54) is 18.4 Å². The molecule has 7 nitrogen and oxygen atoms in total. The van der Waals surface area contributed by atoms with Crippen LogP contribution >= 0.6 is 0 Å². The molecule has 0 saturated carbocycles. The van der Waals surface area contributed by atoms with Crippen molar-refractivity contribution in [2.45, 2.75) is 25.4 Å². The van der Waals surface area contributed by atoms with E-state index in [0.29, 0.717) is 12.2 Å². The van der Waals surface area contributed by atoms with Crippen molar-refractivity contribution in [1.82, 2.24) is 13.9 Å². The summed E-state index contributed by atoms with van der Waals surface area (Å²) >= 11 is 0. The van der Waals surface area contributed by atoms with Gasteiger partial charge in [-0.3, -0.25) is 4.90 Å². The second-order valence-electron chi connectivity index (χ2n) is 7.51. The molecular formula is C22H28N4O3S. The zero-order valence-electron chi connectivity index (χ0n) is 17.4. The topological polar surface area (TPSA) is 85.7 Å². The van der Waals surface area contributed by atoms with Crippen molar-refractivity contribution < 1.29 is 13.2 Å². The molecule has 0 amide bonds. The molecule has 1 saturated heterocycles. The molecule has 1 N–H and O–H groups in total. The molecule has 160 valence electrons. The van der Waals surface area contributed by atoms with Crippen LogP contribution in [0.15, 0.2) is 48.5 Å². The maximum absolute atomic E-state index is 12.1. The molecule has 0 aliphatic carbocycles. The van der Waals surface area contributed by atoms with Gasteiger partial charge in [0, 0.05) is 20.6 Å². The van der Waals surface area contributed by atoms with Crippen LogP contribution in [0.25, 0.3) is 11.1 Å². The minimum Gasteiger partial charge on any atom is -0.494 e. The average Bonchev–Trinajstić information content (AvgIpc) is 3.18. The van der Waals surface area contributed by atoms with Gasteiger partial charge in [0.15, 0.2) is 0 Å². The van der Waals surface area contributed by atoms with Gasteiger partial charge in [-0.1, -0.05) is 24.3 Å². The third kappa shape index (κ3) is 5.80. The Labute approximate surface area is 179 Å². The molecule has 2 aromatic rings. The summed E-state index contributed by atoms with van der Waals surface area (Å²) in [7, 11) is -0.365. The Morgan fingerprint density at radius 1 is 1.13 bits per heavy atom. The summed E-state index contributed by atoms with van der Waals surface area (Å²) in [6, 6.07) is 17.5. The number of benzene rings is 2. The van der Waals surface area contributed by atoms with Gasteiger partial charge >= 0.3 is 0 Å². The Morgan fingerprint density at radius 2 is 1.77 bits per heavy atom. The Hall–Kier alpha value is -2.44. The molecule has 0 radical (unpaired) electrons. The maximum Gasteiger partial charge on any atom is 0.280 e. The van der Waals surface area contributed by atoms with Gasteiger partial charge in [-0.2, -0.15) is 22.7 Å². The van der Waals surface area contributed by atoms with E-state index in [1.807, 2.05) is 48.5 Å². The number of likely N-dealkylation sites (tertiary alicyclic amines) is 1. The highest BCUT2D eigenvalue weighted by molar-refractivity contribution is 7.87. The molecule has 0 aromatic heterocycles. The number of nitriles is 1. The zero-order valence-corrected chi connectivity index (χ0v) is 18.2. The third-order valence-electron chi connectivity index (χ3n) is 5.19. The van der Waals surface area contributed by atoms with E-state index in [-0.39, 0.29) is 6.17 Å². The first-order chi connectivity index (χ1) is 14.4. The van der Waals surface area contributed by atoms with E-state index in [1.54, 1.807) is 0 Å². The molecule has 1 aliphatic rings. The van der Waals surface area contributed by atoms with Gasteiger partial charge in [0.05, 0.1) is 24.4 Å². The van der Waals surface area contributed by atoms with Crippen LogP contribution in [-0.2, 0) is 10.2 Å². The van der Waals surface area contributed by atoms with Crippen LogP contribution in [0.2, 0.25) is 0 Å². The smallest absolute Gasteiger partial charge is 0.280 e. The predicted molar refractivity (Wildman–Crippen MR) is 117 cm³/mol. The Bertz CT molecular complexity index is 967. The first-order valence-electron chi connectivity index (χ1n) is 10.1. The molecular weight excluding hydrogens is 400 g/mol. The first-order valence-corrected chi connectivity index (χ1v) is 11.5. The zero-order chi connectivity index (χ0) is 21.6. The lowest BCUT2D eigenvalue weighted by Crippen LogP contribution is -2.48. The minimum atomic E-state index is -3.42. The number of ether oxygens (including phenoxy) is 1. The van der Waals surface area contributed by atoms with Crippen molar-refractivity contribution in [3.63, 3.8) is 0 Å². The summed E-state index contributed by atoms with van der Waals surface area (Å²) in [6.45, 7) is 2.24. The number of nitrogens with one attached hydrogen (secondary N) is 1. The van der Waals surface area contributed by atoms with E-state index in [4.69, 9.17) is 10.00 Å². The van der Waals surface area contributed by atoms with Crippen molar-refractivity contribution in [2.24, 2.45) is 0 Å². The van der Waals surface area contributed by atoms with Crippen LogP contribution in [0.4, 0.5) is 0 Å². The van der Waals surface area contributed by atoms with Crippen molar-refractivity contribution in [2.75, 3.05) is 33.8 Å². The standard InChI is InChI=1S/C22H28N4O3S/c1-25(2)30(27,28)24-22-5-3-14-26(22)15-4-16-29-21-12-10-20(11-13-21)19-8-6-18(17-23)7-9-19/h6-13,22,24H,3-5,14-16H2,1-2H3. The monoisotopic (exact) mass is 428 g/mol. The van der Waals surface area contributed by atoms with Gasteiger partial charge in [0.25, 0.3) is 10.2 Å². The Kier molecular flexibility index (Phi) is 7.45. The number of hydrogen-bond acceptors (Lipinski definition) is 5. The second kappa shape index (κ2) is 10.0. The van der Waals surface area contributed by atoms with Crippen LogP contribution in [0.1, 0.15) is 24.8 Å². The number of hydrogen-bond donors (Lipinski definition) is 1. The van der Waals surface area contributed by atoms with Crippen LogP contribution in [0.5, 0.6) is 5.75 Å². The molecule has 3 rings (SSSR count). The molecule has 30 heavy (non-hydrogen) atoms. The van der Waals surface area contributed by atoms with E-state index >= 15 is 0 Å². The lowest BCUT2D eigenvalue weighted by Gasteiger charge is -2.26. The fourth-order valence-corrected chi connectivity index (χ4v) is 4.26. The van der Waals surface area contributed by atoms with Crippen molar-refractivity contribution in [3.05, 3.63) is 54.1 Å². The minimum absolute atomic E-state index is 0.149. The molecule has 1 fully saturated rings. The Morgan fingerprint density at radius 3 is 2.37 bits per heavy atom. The lowest BCUT2D eigenvalue weighted by molar-refractivity contribution is 0.212. The lowest BCUT2D eigenvalue weighted by atomic mass is 10.0. The van der Waals surface area contributed by atoms with E-state index in [0.717, 1.165) is 49.2 Å². The molecule has 2 aromatic carbocycles. The van der Waals surface area contributed by atoms with Crippen LogP contribution in [0, 0.1) is 11.3 Å². The molecule has 8 heteroatoms. The van der Waals surface area contributed by atoms with Crippen molar-refractivity contribution in [1.29, 1.82) is 5.26 Å². The number of rotatable bonds is 9. The van der Waals surface area contributed by atoms with Gasteiger partial charge in [-0.25, -0.2) is 0 Å². The molecule has 1 atom stereocenters. The molecule has 0 bridgehead atoms. The second-order valence-corrected chi connectivity index (χ2v) is 9.43. The highest BCUT2D eigenvalue weighted by atomic mass is 32.2. The average molecular weight is 429 g/mol. The van der Waals surface area contributed by atoms with Crippen LogP contribution in [0.3, 0.4) is 0 Å². The highest BCUT2D eigenvalue weighted by Gasteiger charge is 2.28. The van der Waals surface area contributed by atoms with E-state index in [9.17, 15) is 8.42 Å². The van der Waals surface area contributed by atoms with Crippen molar-refractivity contribution in [3.8, 4) is 22.9 Å². The number of nitrogens with zero attached hydrogens (tertiary/aromatic N) is 3. The van der Waals surface area contributed by atoms with Gasteiger partial charge in [-0.15, -0.1) is 0 Å². The van der Waals surface area contributed by atoms with Gasteiger partial charge in [-0.05, 0) is 61.2 Å². The maximum atomic E-state index is 12.1. The fourth-order valence-electron chi connectivity index (χ4n) is 3.44. The fraction of sp³-hybridized carbons (Fsp3) is 0.409. The largest absolute Gasteiger partial charge is 0.494 e. The third-order valence-corrected chi connectivity index (χ3v) is 6.72. The van der Waals surface area contributed by atoms with Gasteiger partial charge < -0.3 is 4.74 Å². The van der Waals surface area contributed by atoms with E-state index < -0.39 is 10.2 Å². The Balaban J connectivity index is 1.45. The summed E-state index contributed by atoms with van der Waals surface area (Å²) in [4.78, 5) is 2.17. The van der Waals surface area contributed by atoms with Crippen molar-refractivity contribution >= 4 is 10.2 Å². The molecule has 0 spiro atoms. The van der Waals surface area contributed by atoms with Gasteiger partial charge in [0.2, 0.25) is 0 Å². The summed E-state index contributed by atoms with van der Waals surface area (Å²) in [5, 5.41) is 8.89. The normalized spacial score (nSPS) is 17.2. The molecule has 1 aliphatic heterocycles. The van der Waals surface area contributed by atoms with E-state index in [2.05, 4.69) is 15.7 Å². The molecule has 1 unspecified atom stereocenters. The summed E-state index contributed by atoms with van der Waals surface area (Å²) in [5.41, 5.74) is 2.77. The summed E-state index contributed by atoms with van der Waals surface area (Å²) in [6.07, 6.45) is 2.48. The van der Waals surface area contributed by atoms with Crippen LogP contribution in [-0.4, -0.2) is 57.6 Å². The predicted octanol–water partition coefficient (Wildman–Crippen LogP) is 2.81. The van der Waals surface area contributed by atoms with Gasteiger partial charge in [0.1, 0.15) is 5.75 Å². The SMILES string of the molecule is CN(C)S(=O)(=O)NC1CCCN1CCCOc1ccc(-c2ccc(C#N)cc2)cc1. The summed E-state index contributed by atoms with van der Waals surface area (Å²) in [5.74, 6) is 0.804. The van der Waals surface area contributed by atoms with Crippen LogP contribution < -0.4 is 9.46 Å².